The number of anilines is 1. The maximum absolute atomic E-state index is 12.8. The molecule has 2 aromatic heterocycles. The van der Waals surface area contributed by atoms with E-state index >= 15 is 0 Å². The summed E-state index contributed by atoms with van der Waals surface area (Å²) in [7, 11) is -3.86. The number of hydrogen-bond donors (Lipinski definition) is 1. The molecule has 3 aromatic rings. The molecule has 3 rings (SSSR count). The summed E-state index contributed by atoms with van der Waals surface area (Å²) in [5.74, 6) is 0.194. The van der Waals surface area contributed by atoms with E-state index in [1.807, 2.05) is 6.92 Å². The highest BCUT2D eigenvalue weighted by atomic mass is 35.5. The van der Waals surface area contributed by atoms with Crippen LogP contribution in [0, 0.1) is 6.08 Å². The molecule has 28 heavy (non-hydrogen) atoms. The van der Waals surface area contributed by atoms with Crippen molar-refractivity contribution in [2.24, 2.45) is 0 Å². The third kappa shape index (κ3) is 4.71. The summed E-state index contributed by atoms with van der Waals surface area (Å²) in [6.07, 6.45) is 6.04. The zero-order valence-electron chi connectivity index (χ0n) is 14.8. The van der Waals surface area contributed by atoms with Gasteiger partial charge in [0.2, 0.25) is 0 Å². The number of rotatable bonds is 6. The second-order valence-corrected chi connectivity index (χ2v) is 7.80. The Bertz CT molecular complexity index is 1120. The molecule has 144 valence electrons. The molecule has 0 saturated carbocycles. The molecule has 0 radical (unpaired) electrons. The van der Waals surface area contributed by atoms with Gasteiger partial charge in [0.25, 0.3) is 10.0 Å². The Kier molecular flexibility index (Phi) is 6.01. The first-order valence-corrected chi connectivity index (χ1v) is 10.2. The van der Waals surface area contributed by atoms with Crippen LogP contribution in [-0.2, 0) is 16.4 Å². The van der Waals surface area contributed by atoms with Gasteiger partial charge in [0, 0.05) is 23.7 Å². The van der Waals surface area contributed by atoms with Crippen LogP contribution in [0.4, 0.5) is 10.2 Å². The fraction of sp³-hybridized carbons (Fsp3) is 0.105. The molecule has 0 amide bonds. The van der Waals surface area contributed by atoms with Crippen molar-refractivity contribution in [1.82, 2.24) is 15.0 Å². The largest absolute Gasteiger partial charge is 0.308 e. The summed E-state index contributed by atoms with van der Waals surface area (Å²) in [6.45, 7) is 1.91. The van der Waals surface area contributed by atoms with Crippen molar-refractivity contribution in [3.05, 3.63) is 76.7 Å². The van der Waals surface area contributed by atoms with E-state index in [-0.39, 0.29) is 15.7 Å². The molecule has 0 spiro atoms. The number of nitrogens with one attached hydrogen (secondary N) is 1. The summed E-state index contributed by atoms with van der Waals surface area (Å²) < 4.78 is 40.3. The van der Waals surface area contributed by atoms with Crippen molar-refractivity contribution in [1.29, 1.82) is 0 Å². The van der Waals surface area contributed by atoms with Crippen LogP contribution in [0.2, 0.25) is 5.02 Å². The second kappa shape index (κ2) is 8.45. The highest BCUT2D eigenvalue weighted by molar-refractivity contribution is 7.92. The van der Waals surface area contributed by atoms with Gasteiger partial charge in [-0.2, -0.15) is 4.39 Å². The van der Waals surface area contributed by atoms with Crippen LogP contribution in [-0.4, -0.2) is 23.4 Å². The molecule has 0 atom stereocenters. The number of aromatic nitrogens is 3. The highest BCUT2D eigenvalue weighted by Gasteiger charge is 2.18. The van der Waals surface area contributed by atoms with Crippen molar-refractivity contribution in [3.63, 3.8) is 0 Å². The maximum atomic E-state index is 12.8. The first-order valence-electron chi connectivity index (χ1n) is 8.32. The Morgan fingerprint density at radius 3 is 2.50 bits per heavy atom. The zero-order chi connectivity index (χ0) is 20.1. The average molecular weight is 419 g/mol. The lowest BCUT2D eigenvalue weighted by atomic mass is 10.1. The Morgan fingerprint density at radius 2 is 1.82 bits per heavy atom. The topological polar surface area (TPSA) is 84.8 Å². The minimum atomic E-state index is -3.86. The molecule has 0 aliphatic rings. The average Bonchev–Trinajstić information content (AvgIpc) is 2.68. The normalized spacial score (nSPS) is 11.7. The van der Waals surface area contributed by atoms with Gasteiger partial charge in [-0.3, -0.25) is 4.72 Å². The van der Waals surface area contributed by atoms with Crippen LogP contribution in [0.25, 0.3) is 12.2 Å². The first kappa shape index (κ1) is 19.9. The lowest BCUT2D eigenvalue weighted by Crippen LogP contribution is -2.15. The van der Waals surface area contributed by atoms with E-state index in [0.29, 0.717) is 17.7 Å². The number of hydrogen-bond acceptors (Lipinski definition) is 5. The van der Waals surface area contributed by atoms with E-state index in [9.17, 15) is 12.8 Å². The third-order valence-electron chi connectivity index (χ3n) is 3.81. The molecular formula is C19H16ClFN4O2S. The molecule has 1 N–H and O–H groups in total. The van der Waals surface area contributed by atoms with Gasteiger partial charge < -0.3 is 0 Å². The predicted octanol–water partition coefficient (Wildman–Crippen LogP) is 4.20. The van der Waals surface area contributed by atoms with Crippen molar-refractivity contribution < 1.29 is 12.8 Å². The van der Waals surface area contributed by atoms with Gasteiger partial charge in [0.15, 0.2) is 0 Å². The summed E-state index contributed by atoms with van der Waals surface area (Å²) in [5, 5.41) is 0.131. The minimum absolute atomic E-state index is 0.0169. The fourth-order valence-electron chi connectivity index (χ4n) is 2.45. The van der Waals surface area contributed by atoms with E-state index in [2.05, 4.69) is 19.7 Å². The van der Waals surface area contributed by atoms with E-state index in [0.717, 1.165) is 5.56 Å². The number of pyridine rings is 1. The Labute approximate surface area is 167 Å². The fourth-order valence-corrected chi connectivity index (χ4v) is 3.98. The van der Waals surface area contributed by atoms with Crippen LogP contribution in [0.1, 0.15) is 23.7 Å². The van der Waals surface area contributed by atoms with Gasteiger partial charge in [0.1, 0.15) is 10.7 Å². The molecule has 2 heterocycles. The Balaban J connectivity index is 1.85. The summed E-state index contributed by atoms with van der Waals surface area (Å²) >= 11 is 5.99. The van der Waals surface area contributed by atoms with E-state index in [1.165, 1.54) is 24.5 Å². The van der Waals surface area contributed by atoms with Crippen LogP contribution in [0.3, 0.4) is 0 Å². The van der Waals surface area contributed by atoms with Crippen LogP contribution in [0.5, 0.6) is 0 Å². The predicted molar refractivity (Wildman–Crippen MR) is 107 cm³/mol. The zero-order valence-corrected chi connectivity index (χ0v) is 16.4. The van der Waals surface area contributed by atoms with Gasteiger partial charge in [-0.25, -0.2) is 23.4 Å². The molecule has 0 unspecified atom stereocenters. The number of sulfonamides is 1. The molecule has 9 heteroatoms. The number of aryl methyl sites for hydroxylation is 1. The van der Waals surface area contributed by atoms with E-state index in [4.69, 9.17) is 11.6 Å². The molecule has 0 aliphatic heterocycles. The van der Waals surface area contributed by atoms with Gasteiger partial charge in [-0.15, -0.1) is 0 Å². The summed E-state index contributed by atoms with van der Waals surface area (Å²) in [4.78, 5) is 11.3. The van der Waals surface area contributed by atoms with Crippen molar-refractivity contribution in [2.75, 3.05) is 4.72 Å². The number of nitrogens with zero attached hydrogens (tertiary/aromatic N) is 3. The van der Waals surface area contributed by atoms with Gasteiger partial charge in [-0.1, -0.05) is 42.8 Å². The van der Waals surface area contributed by atoms with Crippen LogP contribution >= 0.6 is 11.6 Å². The van der Waals surface area contributed by atoms with Gasteiger partial charge >= 0.3 is 6.08 Å². The summed E-state index contributed by atoms with van der Waals surface area (Å²) in [5.41, 5.74) is 2.12. The first-order chi connectivity index (χ1) is 13.4. The molecular weight excluding hydrogens is 403 g/mol. The standard InChI is InChI=1S/C19H16ClFN4O2S/c1-2-16-14(8-7-13-11-22-19(21)23-12-13)9-10-18(24-16)25-28(26,27)17-6-4-3-5-15(17)20/h3-12H,2H2,1H3,(H,24,25)/b8-7+. The Hall–Kier alpha value is -2.84. The van der Waals surface area contributed by atoms with Crippen molar-refractivity contribution >= 4 is 39.6 Å². The SMILES string of the molecule is CCc1nc(NS(=O)(=O)c2ccccc2Cl)ccc1/C=C/c1cnc(F)nc1. The van der Waals surface area contributed by atoms with Crippen molar-refractivity contribution in [2.45, 2.75) is 18.2 Å². The molecule has 1 aromatic carbocycles. The second-order valence-electron chi connectivity index (χ2n) is 5.74. The molecule has 0 bridgehead atoms. The number of benzene rings is 1. The smallest absolute Gasteiger partial charge is 0.263 e. The quantitative estimate of drug-likeness (QED) is 0.606. The molecule has 6 nitrogen and oxygen atoms in total. The third-order valence-corrected chi connectivity index (χ3v) is 5.66. The lowest BCUT2D eigenvalue weighted by Gasteiger charge is -2.11. The monoisotopic (exact) mass is 418 g/mol. The lowest BCUT2D eigenvalue weighted by molar-refractivity contribution is 0.538. The maximum Gasteiger partial charge on any atom is 0.308 e. The molecule has 0 fully saturated rings. The Morgan fingerprint density at radius 1 is 1.11 bits per heavy atom. The minimum Gasteiger partial charge on any atom is -0.263 e. The highest BCUT2D eigenvalue weighted by Crippen LogP contribution is 2.23. The summed E-state index contributed by atoms with van der Waals surface area (Å²) in [6, 6.07) is 9.49. The molecule has 0 aliphatic carbocycles. The molecule has 0 saturated heterocycles. The van der Waals surface area contributed by atoms with Crippen molar-refractivity contribution in [3.8, 4) is 0 Å². The van der Waals surface area contributed by atoms with E-state index in [1.54, 1.807) is 36.4 Å². The van der Waals surface area contributed by atoms with Gasteiger partial charge in [0.05, 0.1) is 5.02 Å². The van der Waals surface area contributed by atoms with Gasteiger partial charge in [-0.05, 0) is 36.2 Å². The number of halogens is 2. The van der Waals surface area contributed by atoms with E-state index < -0.39 is 16.1 Å². The van der Waals surface area contributed by atoms with Crippen LogP contribution < -0.4 is 4.72 Å². The van der Waals surface area contributed by atoms with Crippen LogP contribution in [0.15, 0.2) is 53.7 Å².